The second kappa shape index (κ2) is 11.9. The summed E-state index contributed by atoms with van der Waals surface area (Å²) in [5.74, 6) is -0.401. The molecule has 5 nitrogen and oxygen atoms in total. The molecule has 0 bridgehead atoms. The molecular formula is C13H22O5. The third-order valence-electron chi connectivity index (χ3n) is 1.40. The average Bonchev–Trinajstić information content (AvgIpc) is 2.33. The van der Waals surface area contributed by atoms with Crippen molar-refractivity contribution in [2.75, 3.05) is 19.8 Å². The number of esters is 2. The van der Waals surface area contributed by atoms with Crippen LogP contribution in [0.4, 0.5) is 0 Å². The molecule has 0 saturated heterocycles. The van der Waals surface area contributed by atoms with Crippen LogP contribution in [0.25, 0.3) is 0 Å². The number of hydrogen-bond donors (Lipinski definition) is 1. The average molecular weight is 258 g/mol. The topological polar surface area (TPSA) is 72.8 Å². The van der Waals surface area contributed by atoms with Gasteiger partial charge in [-0.1, -0.05) is 27.0 Å². The zero-order chi connectivity index (χ0) is 14.6. The first-order valence-electron chi connectivity index (χ1n) is 5.57. The molecule has 1 N–H and O–H groups in total. The van der Waals surface area contributed by atoms with E-state index in [0.717, 1.165) is 0 Å². The van der Waals surface area contributed by atoms with Crippen molar-refractivity contribution >= 4 is 11.9 Å². The molecule has 18 heavy (non-hydrogen) atoms. The van der Waals surface area contributed by atoms with E-state index in [2.05, 4.69) is 17.9 Å². The minimum absolute atomic E-state index is 0.0473. The van der Waals surface area contributed by atoms with E-state index in [9.17, 15) is 9.59 Å². The molecule has 0 aliphatic carbocycles. The summed E-state index contributed by atoms with van der Waals surface area (Å²) in [5, 5.41) is 8.19. The highest BCUT2D eigenvalue weighted by Crippen LogP contribution is 1.92. The van der Waals surface area contributed by atoms with Crippen LogP contribution in [0.3, 0.4) is 0 Å². The standard InChI is InChI=1S/C7H12O2.C6H10O3/c1-4-7(8)9-5-6(2)3;1-5(2)6(8)9-4-3-7/h4,6H,1,5H2,2-3H3;7H,1,3-4H2,2H3. The van der Waals surface area contributed by atoms with Crippen LogP contribution in [0.1, 0.15) is 20.8 Å². The van der Waals surface area contributed by atoms with Crippen LogP contribution in [-0.2, 0) is 19.1 Å². The smallest absolute Gasteiger partial charge is 0.333 e. The van der Waals surface area contributed by atoms with Crippen LogP contribution < -0.4 is 0 Å². The van der Waals surface area contributed by atoms with Gasteiger partial charge in [-0.15, -0.1) is 0 Å². The summed E-state index contributed by atoms with van der Waals surface area (Å²) in [6.07, 6.45) is 1.17. The zero-order valence-corrected chi connectivity index (χ0v) is 11.3. The lowest BCUT2D eigenvalue weighted by Gasteiger charge is -2.02. The highest BCUT2D eigenvalue weighted by molar-refractivity contribution is 5.86. The molecule has 0 saturated carbocycles. The Kier molecular flexibility index (Phi) is 12.3. The first kappa shape index (κ1) is 18.7. The van der Waals surface area contributed by atoms with Gasteiger partial charge in [0.25, 0.3) is 0 Å². The number of carbonyl (C=O) groups is 2. The predicted molar refractivity (Wildman–Crippen MR) is 68.9 cm³/mol. The summed E-state index contributed by atoms with van der Waals surface area (Å²) in [4.78, 5) is 20.8. The van der Waals surface area contributed by atoms with Gasteiger partial charge in [-0.2, -0.15) is 0 Å². The van der Waals surface area contributed by atoms with E-state index in [4.69, 9.17) is 9.84 Å². The Bertz CT molecular complexity index is 281. The van der Waals surface area contributed by atoms with Gasteiger partial charge in [-0.05, 0) is 12.8 Å². The fraction of sp³-hybridized carbons (Fsp3) is 0.538. The van der Waals surface area contributed by atoms with Gasteiger partial charge >= 0.3 is 11.9 Å². The monoisotopic (exact) mass is 258 g/mol. The van der Waals surface area contributed by atoms with Gasteiger partial charge in [-0.25, -0.2) is 9.59 Å². The molecule has 0 aliphatic heterocycles. The summed E-state index contributed by atoms with van der Waals surface area (Å²) >= 11 is 0. The maximum Gasteiger partial charge on any atom is 0.333 e. The Labute approximate surface area is 108 Å². The number of hydrogen-bond acceptors (Lipinski definition) is 5. The fourth-order valence-electron chi connectivity index (χ4n) is 0.569. The largest absolute Gasteiger partial charge is 0.462 e. The molecule has 0 aromatic rings. The lowest BCUT2D eigenvalue weighted by Crippen LogP contribution is -2.08. The number of carbonyl (C=O) groups excluding carboxylic acids is 2. The highest BCUT2D eigenvalue weighted by atomic mass is 16.5. The van der Waals surface area contributed by atoms with Gasteiger partial charge in [-0.3, -0.25) is 0 Å². The molecule has 0 amide bonds. The van der Waals surface area contributed by atoms with Crippen LogP contribution in [0, 0.1) is 5.92 Å². The van der Waals surface area contributed by atoms with Crippen molar-refractivity contribution in [3.63, 3.8) is 0 Å². The molecule has 0 aliphatic rings. The Morgan fingerprint density at radius 1 is 1.33 bits per heavy atom. The Morgan fingerprint density at radius 2 is 1.89 bits per heavy atom. The van der Waals surface area contributed by atoms with Crippen molar-refractivity contribution in [1.82, 2.24) is 0 Å². The van der Waals surface area contributed by atoms with E-state index in [0.29, 0.717) is 18.1 Å². The molecule has 0 aromatic heterocycles. The minimum atomic E-state index is -0.455. The van der Waals surface area contributed by atoms with Gasteiger partial charge in [0.1, 0.15) is 6.61 Å². The van der Waals surface area contributed by atoms with Crippen LogP contribution >= 0.6 is 0 Å². The van der Waals surface area contributed by atoms with Crippen molar-refractivity contribution in [2.24, 2.45) is 5.92 Å². The minimum Gasteiger partial charge on any atom is -0.462 e. The van der Waals surface area contributed by atoms with Crippen molar-refractivity contribution in [3.8, 4) is 0 Å². The first-order valence-corrected chi connectivity index (χ1v) is 5.57. The molecule has 5 heteroatoms. The normalized spacial score (nSPS) is 8.94. The maximum absolute atomic E-state index is 10.5. The van der Waals surface area contributed by atoms with Gasteiger partial charge in [0.15, 0.2) is 0 Å². The van der Waals surface area contributed by atoms with Crippen molar-refractivity contribution < 1.29 is 24.2 Å². The van der Waals surface area contributed by atoms with E-state index in [1.54, 1.807) is 6.92 Å². The van der Waals surface area contributed by atoms with Crippen molar-refractivity contribution in [1.29, 1.82) is 0 Å². The molecule has 0 rings (SSSR count). The van der Waals surface area contributed by atoms with Gasteiger partial charge in [0, 0.05) is 11.6 Å². The van der Waals surface area contributed by atoms with Crippen LogP contribution in [0.5, 0.6) is 0 Å². The van der Waals surface area contributed by atoms with E-state index in [-0.39, 0.29) is 19.2 Å². The van der Waals surface area contributed by atoms with Gasteiger partial charge in [0.05, 0.1) is 13.2 Å². The molecule has 0 aromatic carbocycles. The van der Waals surface area contributed by atoms with E-state index >= 15 is 0 Å². The number of aliphatic hydroxyl groups is 1. The van der Waals surface area contributed by atoms with E-state index in [1.807, 2.05) is 13.8 Å². The van der Waals surface area contributed by atoms with Crippen molar-refractivity contribution in [3.05, 3.63) is 24.8 Å². The summed E-state index contributed by atoms with van der Waals surface area (Å²) < 4.78 is 9.16. The second-order valence-electron chi connectivity index (χ2n) is 3.87. The van der Waals surface area contributed by atoms with Gasteiger partial charge < -0.3 is 14.6 Å². The Balaban J connectivity index is 0. The van der Waals surface area contributed by atoms with E-state index in [1.165, 1.54) is 6.08 Å². The zero-order valence-electron chi connectivity index (χ0n) is 11.3. The number of ether oxygens (including phenoxy) is 2. The van der Waals surface area contributed by atoms with Crippen LogP contribution in [0.2, 0.25) is 0 Å². The highest BCUT2D eigenvalue weighted by Gasteiger charge is 1.99. The SMILES string of the molecule is C=C(C)C(=O)OCCO.C=CC(=O)OCC(C)C. The summed E-state index contributed by atoms with van der Waals surface area (Å²) in [6.45, 7) is 12.5. The summed E-state index contributed by atoms with van der Waals surface area (Å²) in [6, 6.07) is 0. The summed E-state index contributed by atoms with van der Waals surface area (Å²) in [7, 11) is 0. The molecule has 0 fully saturated rings. The van der Waals surface area contributed by atoms with Crippen molar-refractivity contribution in [2.45, 2.75) is 20.8 Å². The quantitative estimate of drug-likeness (QED) is 0.577. The number of aliphatic hydroxyl groups excluding tert-OH is 1. The Hall–Kier alpha value is -1.62. The molecular weight excluding hydrogens is 236 g/mol. The maximum atomic E-state index is 10.5. The molecule has 0 unspecified atom stereocenters. The third-order valence-corrected chi connectivity index (χ3v) is 1.40. The van der Waals surface area contributed by atoms with Gasteiger partial charge in [0.2, 0.25) is 0 Å². The lowest BCUT2D eigenvalue weighted by atomic mass is 10.2. The Morgan fingerprint density at radius 3 is 2.22 bits per heavy atom. The molecule has 0 spiro atoms. The summed E-state index contributed by atoms with van der Waals surface area (Å²) in [5.41, 5.74) is 0.350. The lowest BCUT2D eigenvalue weighted by molar-refractivity contribution is -0.140. The number of rotatable bonds is 6. The molecule has 0 atom stereocenters. The van der Waals surface area contributed by atoms with Crippen LogP contribution in [-0.4, -0.2) is 36.9 Å². The first-order chi connectivity index (χ1) is 8.34. The molecule has 104 valence electrons. The second-order valence-corrected chi connectivity index (χ2v) is 3.87. The molecule has 0 radical (unpaired) electrons. The third kappa shape index (κ3) is 14.4. The van der Waals surface area contributed by atoms with Crippen LogP contribution in [0.15, 0.2) is 24.8 Å². The fourth-order valence-corrected chi connectivity index (χ4v) is 0.569. The predicted octanol–water partition coefficient (Wildman–Crippen LogP) is 1.47. The van der Waals surface area contributed by atoms with E-state index < -0.39 is 5.97 Å². The molecule has 0 heterocycles.